The minimum absolute atomic E-state index is 0.191. The van der Waals surface area contributed by atoms with Crippen LogP contribution >= 0.6 is 0 Å². The van der Waals surface area contributed by atoms with Gasteiger partial charge in [0, 0.05) is 6.42 Å². The molecule has 0 saturated carbocycles. The molecule has 0 aromatic rings. The summed E-state index contributed by atoms with van der Waals surface area (Å²) in [5, 5.41) is 0. The van der Waals surface area contributed by atoms with Crippen molar-refractivity contribution in [2.45, 2.75) is 26.2 Å². The Hall–Kier alpha value is -1.65. The van der Waals surface area contributed by atoms with E-state index in [0.29, 0.717) is 6.42 Å². The molecule has 0 saturated heterocycles. The maximum Gasteiger partial charge on any atom is 0.323 e. The molecule has 0 aliphatic heterocycles. The van der Waals surface area contributed by atoms with E-state index in [-0.39, 0.29) is 18.6 Å². The van der Waals surface area contributed by atoms with Crippen LogP contribution in [0.25, 0.3) is 0 Å². The Kier molecular flexibility index (Phi) is 4.04. The molecule has 0 radical (unpaired) electrons. The molecule has 1 rings (SSSR count). The van der Waals surface area contributed by atoms with Crippen LogP contribution in [0.5, 0.6) is 0 Å². The number of ether oxygens (including phenoxy) is 2. The SMILES string of the molecule is COC(=O)C1(C(=O)OC)CCC(C)=CC(=O)C1. The Morgan fingerprint density at radius 1 is 1.24 bits per heavy atom. The highest BCUT2D eigenvalue weighted by atomic mass is 16.5. The van der Waals surface area contributed by atoms with Gasteiger partial charge >= 0.3 is 11.9 Å². The maximum absolute atomic E-state index is 11.8. The van der Waals surface area contributed by atoms with E-state index in [0.717, 1.165) is 5.57 Å². The van der Waals surface area contributed by atoms with Gasteiger partial charge < -0.3 is 9.47 Å². The van der Waals surface area contributed by atoms with Crippen LogP contribution < -0.4 is 0 Å². The van der Waals surface area contributed by atoms with Crippen LogP contribution in [0, 0.1) is 5.41 Å². The fraction of sp³-hybridized carbons (Fsp3) is 0.583. The number of hydrogen-bond donors (Lipinski definition) is 0. The first kappa shape index (κ1) is 13.4. The first-order valence-corrected chi connectivity index (χ1v) is 5.33. The Morgan fingerprint density at radius 2 is 1.76 bits per heavy atom. The Morgan fingerprint density at radius 3 is 2.24 bits per heavy atom. The normalized spacial score (nSPS) is 19.0. The number of hydrogen-bond acceptors (Lipinski definition) is 5. The molecule has 0 N–H and O–H groups in total. The van der Waals surface area contributed by atoms with Gasteiger partial charge in [0.05, 0.1) is 14.2 Å². The van der Waals surface area contributed by atoms with Gasteiger partial charge in [0.25, 0.3) is 0 Å². The number of carbonyl (C=O) groups excluding carboxylic acids is 3. The van der Waals surface area contributed by atoms with E-state index in [4.69, 9.17) is 0 Å². The first-order valence-electron chi connectivity index (χ1n) is 5.33. The van der Waals surface area contributed by atoms with Crippen molar-refractivity contribution in [1.82, 2.24) is 0 Å². The molecule has 0 spiro atoms. The number of allylic oxidation sites excluding steroid dienone is 2. The fourth-order valence-corrected chi connectivity index (χ4v) is 2.02. The standard InChI is InChI=1S/C12H16O5/c1-8-4-5-12(10(14)16-2,11(15)17-3)7-9(13)6-8/h6H,4-5,7H2,1-3H3. The number of esters is 2. The molecule has 1 aliphatic carbocycles. The van der Waals surface area contributed by atoms with E-state index in [1.54, 1.807) is 6.92 Å². The van der Waals surface area contributed by atoms with Crippen molar-refractivity contribution in [2.24, 2.45) is 5.41 Å². The van der Waals surface area contributed by atoms with Crippen molar-refractivity contribution < 1.29 is 23.9 Å². The van der Waals surface area contributed by atoms with Crippen LogP contribution in [0.3, 0.4) is 0 Å². The molecule has 0 fully saturated rings. The second kappa shape index (κ2) is 5.12. The summed E-state index contributed by atoms with van der Waals surface area (Å²) in [7, 11) is 2.39. The third-order valence-corrected chi connectivity index (χ3v) is 2.98. The average molecular weight is 240 g/mol. The van der Waals surface area contributed by atoms with Crippen molar-refractivity contribution in [1.29, 1.82) is 0 Å². The number of rotatable bonds is 2. The Labute approximate surface area is 99.8 Å². The highest BCUT2D eigenvalue weighted by Gasteiger charge is 2.50. The van der Waals surface area contributed by atoms with Crippen LogP contribution in [0.15, 0.2) is 11.6 Å². The highest BCUT2D eigenvalue weighted by Crippen LogP contribution is 2.35. The van der Waals surface area contributed by atoms with Gasteiger partial charge in [-0.1, -0.05) is 5.57 Å². The molecule has 0 unspecified atom stereocenters. The maximum atomic E-state index is 11.8. The summed E-state index contributed by atoms with van der Waals surface area (Å²) < 4.78 is 9.28. The quantitative estimate of drug-likeness (QED) is 0.532. The topological polar surface area (TPSA) is 69.7 Å². The number of methoxy groups -OCH3 is 2. The van der Waals surface area contributed by atoms with Gasteiger partial charge in [-0.3, -0.25) is 14.4 Å². The minimum Gasteiger partial charge on any atom is -0.468 e. The van der Waals surface area contributed by atoms with Gasteiger partial charge in [0.1, 0.15) is 0 Å². The molecule has 0 atom stereocenters. The van der Waals surface area contributed by atoms with Crippen molar-refractivity contribution in [2.75, 3.05) is 14.2 Å². The lowest BCUT2D eigenvalue weighted by atomic mass is 9.79. The average Bonchev–Trinajstić information content (AvgIpc) is 2.46. The lowest BCUT2D eigenvalue weighted by Gasteiger charge is -2.25. The molecule has 0 amide bonds. The minimum atomic E-state index is -1.49. The van der Waals surface area contributed by atoms with Crippen LogP contribution in [0.2, 0.25) is 0 Å². The molecule has 0 aromatic carbocycles. The van der Waals surface area contributed by atoms with E-state index in [2.05, 4.69) is 9.47 Å². The lowest BCUT2D eigenvalue weighted by Crippen LogP contribution is -2.42. The van der Waals surface area contributed by atoms with Crippen LogP contribution in [-0.2, 0) is 23.9 Å². The van der Waals surface area contributed by atoms with Gasteiger partial charge in [-0.05, 0) is 25.8 Å². The smallest absolute Gasteiger partial charge is 0.323 e. The van der Waals surface area contributed by atoms with Crippen molar-refractivity contribution >= 4 is 17.7 Å². The van der Waals surface area contributed by atoms with Crippen molar-refractivity contribution in [3.63, 3.8) is 0 Å². The van der Waals surface area contributed by atoms with Gasteiger partial charge in [-0.25, -0.2) is 0 Å². The molecule has 17 heavy (non-hydrogen) atoms. The fourth-order valence-electron chi connectivity index (χ4n) is 2.02. The summed E-state index contributed by atoms with van der Waals surface area (Å²) in [6.07, 6.45) is 2.01. The summed E-state index contributed by atoms with van der Waals surface area (Å²) in [5.41, 5.74) is -0.640. The lowest BCUT2D eigenvalue weighted by molar-refractivity contribution is -0.171. The zero-order valence-electron chi connectivity index (χ0n) is 10.2. The molecule has 0 aromatic heterocycles. The second-order valence-corrected chi connectivity index (χ2v) is 4.20. The zero-order valence-corrected chi connectivity index (χ0v) is 10.2. The Bertz CT molecular complexity index is 364. The molecule has 0 heterocycles. The molecule has 94 valence electrons. The monoisotopic (exact) mass is 240 g/mol. The van der Waals surface area contributed by atoms with Crippen molar-refractivity contribution in [3.05, 3.63) is 11.6 Å². The van der Waals surface area contributed by atoms with Gasteiger partial charge in [-0.15, -0.1) is 0 Å². The zero-order chi connectivity index (χ0) is 13.1. The van der Waals surface area contributed by atoms with E-state index in [1.807, 2.05) is 0 Å². The van der Waals surface area contributed by atoms with Gasteiger partial charge in [-0.2, -0.15) is 0 Å². The summed E-state index contributed by atoms with van der Waals surface area (Å²) in [6, 6.07) is 0. The second-order valence-electron chi connectivity index (χ2n) is 4.20. The largest absolute Gasteiger partial charge is 0.468 e. The summed E-state index contributed by atoms with van der Waals surface area (Å²) in [5.74, 6) is -1.67. The van der Waals surface area contributed by atoms with Crippen LogP contribution in [-0.4, -0.2) is 31.9 Å². The van der Waals surface area contributed by atoms with Gasteiger partial charge in [0.2, 0.25) is 0 Å². The summed E-state index contributed by atoms with van der Waals surface area (Å²) in [4.78, 5) is 35.2. The molecule has 5 nitrogen and oxygen atoms in total. The molecule has 5 heteroatoms. The summed E-state index contributed by atoms with van der Waals surface area (Å²) >= 11 is 0. The van der Waals surface area contributed by atoms with E-state index in [1.165, 1.54) is 20.3 Å². The van der Waals surface area contributed by atoms with Crippen molar-refractivity contribution in [3.8, 4) is 0 Å². The third kappa shape index (κ3) is 2.54. The van der Waals surface area contributed by atoms with Gasteiger partial charge in [0.15, 0.2) is 11.2 Å². The predicted molar refractivity (Wildman–Crippen MR) is 59.1 cm³/mol. The van der Waals surface area contributed by atoms with E-state index >= 15 is 0 Å². The predicted octanol–water partition coefficient (Wildman–Crippen LogP) is 1.02. The van der Waals surface area contributed by atoms with E-state index < -0.39 is 17.4 Å². The molecular weight excluding hydrogens is 224 g/mol. The molecule has 1 aliphatic rings. The Balaban J connectivity index is 3.12. The first-order chi connectivity index (χ1) is 7.96. The number of ketones is 1. The number of carbonyl (C=O) groups is 3. The summed E-state index contributed by atoms with van der Waals surface area (Å²) in [6.45, 7) is 1.79. The highest BCUT2D eigenvalue weighted by molar-refractivity contribution is 6.06. The van der Waals surface area contributed by atoms with Crippen LogP contribution in [0.1, 0.15) is 26.2 Å². The third-order valence-electron chi connectivity index (χ3n) is 2.98. The van der Waals surface area contributed by atoms with Crippen LogP contribution in [0.4, 0.5) is 0 Å². The molecule has 0 bridgehead atoms. The molecular formula is C12H16O5. The van der Waals surface area contributed by atoms with E-state index in [9.17, 15) is 14.4 Å².